The van der Waals surface area contributed by atoms with E-state index in [-0.39, 0.29) is 10.6 Å². The Morgan fingerprint density at radius 3 is 2.30 bits per heavy atom. The van der Waals surface area contributed by atoms with Gasteiger partial charge in [0.25, 0.3) is 0 Å². The molecule has 106 valence electrons. The van der Waals surface area contributed by atoms with Crippen molar-refractivity contribution in [2.24, 2.45) is 0 Å². The van der Waals surface area contributed by atoms with Gasteiger partial charge in [0.15, 0.2) is 9.84 Å². The van der Waals surface area contributed by atoms with E-state index < -0.39 is 9.84 Å². The number of para-hydroxylation sites is 1. The first kappa shape index (κ1) is 14.2. The highest BCUT2D eigenvalue weighted by Crippen LogP contribution is 2.29. The van der Waals surface area contributed by atoms with E-state index >= 15 is 0 Å². The van der Waals surface area contributed by atoms with Crippen molar-refractivity contribution in [1.29, 1.82) is 0 Å². The van der Waals surface area contributed by atoms with E-state index in [1.807, 2.05) is 12.1 Å². The first-order valence-corrected chi connectivity index (χ1v) is 7.80. The monoisotopic (exact) mass is 292 g/mol. The summed E-state index contributed by atoms with van der Waals surface area (Å²) in [5.74, 6) is 0.744. The zero-order chi connectivity index (χ0) is 14.8. The van der Waals surface area contributed by atoms with Gasteiger partial charge in [0, 0.05) is 11.9 Å². The van der Waals surface area contributed by atoms with Gasteiger partial charge in [-0.25, -0.2) is 8.42 Å². The Hall–Kier alpha value is -2.21. The number of benzene rings is 2. The number of hydrogen-bond donors (Lipinski definition) is 2. The van der Waals surface area contributed by atoms with Crippen LogP contribution in [0.1, 0.15) is 0 Å². The van der Waals surface area contributed by atoms with Crippen LogP contribution >= 0.6 is 0 Å². The molecule has 0 radical (unpaired) electrons. The van der Waals surface area contributed by atoms with Crippen LogP contribution in [0.15, 0.2) is 47.4 Å². The number of rotatable bonds is 4. The zero-order valence-corrected chi connectivity index (χ0v) is 12.1. The molecule has 0 bridgehead atoms. The largest absolute Gasteiger partial charge is 0.497 e. The minimum absolute atomic E-state index is 0.121. The molecule has 2 aromatic carbocycles. The molecule has 2 aromatic rings. The molecule has 0 aliphatic rings. The molecule has 6 heteroatoms. The third-order valence-corrected chi connectivity index (χ3v) is 3.99. The summed E-state index contributed by atoms with van der Waals surface area (Å²) in [4.78, 5) is 0.121. The maximum Gasteiger partial charge on any atom is 0.177 e. The van der Waals surface area contributed by atoms with Crippen LogP contribution in [0.25, 0.3) is 0 Å². The van der Waals surface area contributed by atoms with Gasteiger partial charge >= 0.3 is 0 Å². The van der Waals surface area contributed by atoms with E-state index in [9.17, 15) is 8.42 Å². The summed E-state index contributed by atoms with van der Waals surface area (Å²) in [6.45, 7) is 0. The molecule has 3 N–H and O–H groups in total. The molecule has 0 spiro atoms. The average Bonchev–Trinajstić information content (AvgIpc) is 2.40. The topological polar surface area (TPSA) is 81.4 Å². The zero-order valence-electron chi connectivity index (χ0n) is 11.3. The molecule has 0 saturated heterocycles. The normalized spacial score (nSPS) is 11.1. The number of hydrogen-bond acceptors (Lipinski definition) is 5. The summed E-state index contributed by atoms with van der Waals surface area (Å²) in [6, 6.07) is 12.1. The molecule has 20 heavy (non-hydrogen) atoms. The van der Waals surface area contributed by atoms with E-state index in [2.05, 4.69) is 5.32 Å². The lowest BCUT2D eigenvalue weighted by Crippen LogP contribution is -2.05. The summed E-state index contributed by atoms with van der Waals surface area (Å²) < 4.78 is 28.3. The second-order valence-electron chi connectivity index (χ2n) is 4.34. The molecule has 0 amide bonds. The lowest BCUT2D eigenvalue weighted by molar-refractivity contribution is 0.415. The Labute approximate surface area is 118 Å². The summed E-state index contributed by atoms with van der Waals surface area (Å²) in [5.41, 5.74) is 7.47. The molecule has 0 fully saturated rings. The highest BCUT2D eigenvalue weighted by atomic mass is 32.2. The standard InChI is InChI=1S/C14H16N2O3S/c1-19-11-8-6-10(7-9-11)16-12-4-3-5-13(14(12)15)20(2,17)18/h3-9,16H,15H2,1-2H3. The average molecular weight is 292 g/mol. The first-order valence-electron chi connectivity index (χ1n) is 5.91. The quantitative estimate of drug-likeness (QED) is 0.846. The van der Waals surface area contributed by atoms with Crippen LogP contribution in [-0.2, 0) is 9.84 Å². The Morgan fingerprint density at radius 1 is 1.10 bits per heavy atom. The molecule has 0 heterocycles. The van der Waals surface area contributed by atoms with E-state index in [1.165, 1.54) is 6.07 Å². The van der Waals surface area contributed by atoms with Crippen molar-refractivity contribution in [3.63, 3.8) is 0 Å². The summed E-state index contributed by atoms with van der Waals surface area (Å²) >= 11 is 0. The van der Waals surface area contributed by atoms with Gasteiger partial charge in [-0.3, -0.25) is 0 Å². The molecule has 0 aliphatic heterocycles. The van der Waals surface area contributed by atoms with Gasteiger partial charge < -0.3 is 15.8 Å². The highest BCUT2D eigenvalue weighted by molar-refractivity contribution is 7.90. The van der Waals surface area contributed by atoms with E-state index in [0.717, 1.165) is 17.7 Å². The Balaban J connectivity index is 2.34. The summed E-state index contributed by atoms with van der Waals surface area (Å²) in [6.07, 6.45) is 1.13. The maximum atomic E-state index is 11.6. The minimum atomic E-state index is -3.34. The lowest BCUT2D eigenvalue weighted by atomic mass is 10.2. The van der Waals surface area contributed by atoms with Crippen molar-refractivity contribution >= 4 is 26.9 Å². The van der Waals surface area contributed by atoms with Crippen molar-refractivity contribution in [3.8, 4) is 5.75 Å². The highest BCUT2D eigenvalue weighted by Gasteiger charge is 2.14. The fourth-order valence-corrected chi connectivity index (χ4v) is 2.64. The number of sulfone groups is 1. The van der Waals surface area contributed by atoms with Crippen LogP contribution in [0, 0.1) is 0 Å². The van der Waals surface area contributed by atoms with Gasteiger partial charge in [-0.15, -0.1) is 0 Å². The van der Waals surface area contributed by atoms with Gasteiger partial charge in [0.2, 0.25) is 0 Å². The van der Waals surface area contributed by atoms with Crippen molar-refractivity contribution < 1.29 is 13.2 Å². The van der Waals surface area contributed by atoms with Crippen LogP contribution < -0.4 is 15.8 Å². The van der Waals surface area contributed by atoms with Crippen LogP contribution in [0.3, 0.4) is 0 Å². The number of nitrogens with one attached hydrogen (secondary N) is 1. The van der Waals surface area contributed by atoms with E-state index in [4.69, 9.17) is 10.5 Å². The smallest absolute Gasteiger partial charge is 0.177 e. The van der Waals surface area contributed by atoms with Crippen molar-refractivity contribution in [2.75, 3.05) is 24.4 Å². The molecular weight excluding hydrogens is 276 g/mol. The third-order valence-electron chi connectivity index (χ3n) is 2.83. The van der Waals surface area contributed by atoms with Crippen LogP contribution in [0.4, 0.5) is 17.1 Å². The fraction of sp³-hybridized carbons (Fsp3) is 0.143. The second kappa shape index (κ2) is 5.42. The summed E-state index contributed by atoms with van der Waals surface area (Å²) in [5, 5.41) is 3.09. The fourth-order valence-electron chi connectivity index (χ4n) is 1.81. The van der Waals surface area contributed by atoms with Gasteiger partial charge in [-0.2, -0.15) is 0 Å². The number of nitrogens with two attached hydrogens (primary N) is 1. The number of ether oxygens (including phenoxy) is 1. The van der Waals surface area contributed by atoms with E-state index in [0.29, 0.717) is 5.69 Å². The molecule has 0 aliphatic carbocycles. The van der Waals surface area contributed by atoms with Gasteiger partial charge in [-0.05, 0) is 36.4 Å². The molecule has 0 aromatic heterocycles. The molecule has 2 rings (SSSR count). The molecule has 0 unspecified atom stereocenters. The van der Waals surface area contributed by atoms with Crippen LogP contribution in [0.5, 0.6) is 5.75 Å². The molecule has 0 saturated carbocycles. The van der Waals surface area contributed by atoms with Crippen LogP contribution in [0.2, 0.25) is 0 Å². The van der Waals surface area contributed by atoms with Crippen molar-refractivity contribution in [2.45, 2.75) is 4.90 Å². The Kier molecular flexibility index (Phi) is 3.85. The van der Waals surface area contributed by atoms with Crippen LogP contribution in [-0.4, -0.2) is 21.8 Å². The summed E-state index contributed by atoms with van der Waals surface area (Å²) in [7, 11) is -1.75. The van der Waals surface area contributed by atoms with Gasteiger partial charge in [0.1, 0.15) is 5.75 Å². The predicted octanol–water partition coefficient (Wildman–Crippen LogP) is 2.42. The number of methoxy groups -OCH3 is 1. The second-order valence-corrected chi connectivity index (χ2v) is 6.33. The third kappa shape index (κ3) is 3.03. The van der Waals surface area contributed by atoms with Gasteiger partial charge in [0.05, 0.1) is 23.4 Å². The maximum absolute atomic E-state index is 11.6. The first-order chi connectivity index (χ1) is 9.41. The number of anilines is 3. The van der Waals surface area contributed by atoms with Gasteiger partial charge in [-0.1, -0.05) is 6.07 Å². The minimum Gasteiger partial charge on any atom is -0.497 e. The SMILES string of the molecule is COc1ccc(Nc2cccc(S(C)(=O)=O)c2N)cc1. The van der Waals surface area contributed by atoms with E-state index in [1.54, 1.807) is 31.4 Å². The predicted molar refractivity (Wildman–Crippen MR) is 80.2 cm³/mol. The van der Waals surface area contributed by atoms with Crippen molar-refractivity contribution in [1.82, 2.24) is 0 Å². The lowest BCUT2D eigenvalue weighted by Gasteiger charge is -2.12. The molecule has 5 nitrogen and oxygen atoms in total. The number of nitrogen functional groups attached to an aromatic ring is 1. The molecule has 0 atom stereocenters. The molecular formula is C14H16N2O3S. The van der Waals surface area contributed by atoms with Crippen molar-refractivity contribution in [3.05, 3.63) is 42.5 Å². The Bertz CT molecular complexity index is 710. The Morgan fingerprint density at radius 2 is 1.75 bits per heavy atom.